The molecule has 0 saturated carbocycles. The summed E-state index contributed by atoms with van der Waals surface area (Å²) in [5, 5.41) is 4.69. The first-order valence-electron chi connectivity index (χ1n) is 10.4. The summed E-state index contributed by atoms with van der Waals surface area (Å²) in [7, 11) is 0. The number of morpholine rings is 1. The molecule has 7 heteroatoms. The Morgan fingerprint density at radius 1 is 1.07 bits per heavy atom. The van der Waals surface area contributed by atoms with E-state index in [-0.39, 0.29) is 11.3 Å². The van der Waals surface area contributed by atoms with Crippen molar-refractivity contribution in [2.24, 2.45) is 0 Å². The van der Waals surface area contributed by atoms with E-state index < -0.39 is 0 Å². The normalized spacial score (nSPS) is 15.0. The van der Waals surface area contributed by atoms with Crippen molar-refractivity contribution in [1.29, 1.82) is 0 Å². The molecule has 0 bridgehead atoms. The molecule has 0 atom stereocenters. The largest absolute Gasteiger partial charge is 0.378 e. The van der Waals surface area contributed by atoms with E-state index in [9.17, 15) is 4.79 Å². The average Bonchev–Trinajstić information content (AvgIpc) is 3.15. The van der Waals surface area contributed by atoms with Crippen LogP contribution >= 0.6 is 0 Å². The number of benzene rings is 1. The number of ether oxygens (including phenoxy) is 1. The first kappa shape index (κ1) is 20.5. The molecule has 0 radical (unpaired) electrons. The SMILES string of the molecule is Cc1nc2nc(-c3ccc(C(C)(C)C)cc3)nn2c(C)c1CC(=O)N1CCOCC1. The molecule has 1 saturated heterocycles. The number of aromatic nitrogens is 4. The molecule has 3 heterocycles. The maximum atomic E-state index is 12.7. The molecule has 1 aliphatic heterocycles. The summed E-state index contributed by atoms with van der Waals surface area (Å²) in [5.41, 5.74) is 4.97. The Bertz CT molecular complexity index is 1070. The van der Waals surface area contributed by atoms with Crippen LogP contribution in [0.15, 0.2) is 24.3 Å². The van der Waals surface area contributed by atoms with Crippen LogP contribution in [0, 0.1) is 13.8 Å². The van der Waals surface area contributed by atoms with Crippen LogP contribution in [0.1, 0.15) is 43.3 Å². The summed E-state index contributed by atoms with van der Waals surface area (Å²) < 4.78 is 7.10. The van der Waals surface area contributed by atoms with E-state index in [1.54, 1.807) is 4.52 Å². The summed E-state index contributed by atoms with van der Waals surface area (Å²) in [4.78, 5) is 23.9. The Balaban J connectivity index is 1.65. The van der Waals surface area contributed by atoms with Crippen LogP contribution in [-0.2, 0) is 21.4 Å². The average molecular weight is 408 g/mol. The Kier molecular flexibility index (Phi) is 5.32. The molecule has 1 amide bonds. The van der Waals surface area contributed by atoms with Gasteiger partial charge in [0.15, 0.2) is 5.82 Å². The molecule has 4 rings (SSSR count). The standard InChI is InChI=1S/C23H29N5O2/c1-15-19(14-20(29)27-10-12-30-13-11-27)16(2)28-22(24-15)25-21(26-28)17-6-8-18(9-7-17)23(3,4)5/h6-9H,10-14H2,1-5H3. The van der Waals surface area contributed by atoms with Crippen LogP contribution in [0.25, 0.3) is 17.2 Å². The van der Waals surface area contributed by atoms with E-state index in [4.69, 9.17) is 9.84 Å². The smallest absolute Gasteiger partial charge is 0.253 e. The molecule has 0 N–H and O–H groups in total. The zero-order valence-corrected chi connectivity index (χ0v) is 18.4. The van der Waals surface area contributed by atoms with Gasteiger partial charge in [-0.25, -0.2) is 9.50 Å². The van der Waals surface area contributed by atoms with Gasteiger partial charge in [-0.2, -0.15) is 4.98 Å². The Hall–Kier alpha value is -2.80. The van der Waals surface area contributed by atoms with Crippen LogP contribution in [0.4, 0.5) is 0 Å². The van der Waals surface area contributed by atoms with Crippen molar-refractivity contribution >= 4 is 11.7 Å². The number of carbonyl (C=O) groups is 1. The number of hydrogen-bond acceptors (Lipinski definition) is 5. The van der Waals surface area contributed by atoms with Crippen LogP contribution < -0.4 is 0 Å². The quantitative estimate of drug-likeness (QED) is 0.667. The van der Waals surface area contributed by atoms with E-state index in [0.717, 1.165) is 22.5 Å². The van der Waals surface area contributed by atoms with Crippen LogP contribution in [0.3, 0.4) is 0 Å². The molecule has 1 fully saturated rings. The molecule has 0 spiro atoms. The summed E-state index contributed by atoms with van der Waals surface area (Å²) in [6, 6.07) is 8.36. The van der Waals surface area contributed by atoms with Gasteiger partial charge < -0.3 is 9.64 Å². The van der Waals surface area contributed by atoms with Gasteiger partial charge in [0.2, 0.25) is 5.91 Å². The second-order valence-electron chi connectivity index (χ2n) is 8.91. The fourth-order valence-electron chi connectivity index (χ4n) is 3.78. The Labute approximate surface area is 177 Å². The van der Waals surface area contributed by atoms with Crippen molar-refractivity contribution in [3.8, 4) is 11.4 Å². The van der Waals surface area contributed by atoms with E-state index in [1.807, 2.05) is 18.7 Å². The van der Waals surface area contributed by atoms with Gasteiger partial charge >= 0.3 is 0 Å². The Morgan fingerprint density at radius 3 is 2.37 bits per heavy atom. The zero-order valence-electron chi connectivity index (χ0n) is 18.4. The van der Waals surface area contributed by atoms with Gasteiger partial charge in [-0.3, -0.25) is 4.79 Å². The number of aryl methyl sites for hydroxylation is 2. The highest BCUT2D eigenvalue weighted by atomic mass is 16.5. The molecule has 2 aromatic heterocycles. The number of hydrogen-bond donors (Lipinski definition) is 0. The summed E-state index contributed by atoms with van der Waals surface area (Å²) in [5.74, 6) is 1.30. The van der Waals surface area contributed by atoms with E-state index in [2.05, 4.69) is 55.0 Å². The van der Waals surface area contributed by atoms with Crippen LogP contribution in [0.2, 0.25) is 0 Å². The number of rotatable bonds is 3. The van der Waals surface area contributed by atoms with Crippen molar-refractivity contribution in [3.05, 3.63) is 46.8 Å². The third-order valence-corrected chi connectivity index (χ3v) is 5.75. The van der Waals surface area contributed by atoms with Crippen molar-refractivity contribution < 1.29 is 9.53 Å². The first-order chi connectivity index (χ1) is 14.2. The lowest BCUT2D eigenvalue weighted by atomic mass is 9.87. The zero-order chi connectivity index (χ0) is 21.5. The van der Waals surface area contributed by atoms with Crippen molar-refractivity contribution in [2.45, 2.75) is 46.5 Å². The minimum Gasteiger partial charge on any atom is -0.378 e. The summed E-state index contributed by atoms with van der Waals surface area (Å²) in [6.45, 7) is 13.0. The number of amides is 1. The van der Waals surface area contributed by atoms with Crippen LogP contribution in [0.5, 0.6) is 0 Å². The van der Waals surface area contributed by atoms with Crippen LogP contribution in [-0.4, -0.2) is 56.7 Å². The van der Waals surface area contributed by atoms with Gasteiger partial charge in [-0.05, 0) is 24.8 Å². The molecule has 0 unspecified atom stereocenters. The van der Waals surface area contributed by atoms with Crippen molar-refractivity contribution in [1.82, 2.24) is 24.5 Å². The molecule has 0 aliphatic carbocycles. The highest BCUT2D eigenvalue weighted by molar-refractivity contribution is 5.79. The molecule has 158 valence electrons. The summed E-state index contributed by atoms with van der Waals surface area (Å²) >= 11 is 0. The predicted molar refractivity (Wildman–Crippen MR) is 115 cm³/mol. The third kappa shape index (κ3) is 3.94. The molecule has 1 aliphatic rings. The van der Waals surface area contributed by atoms with Gasteiger partial charge in [-0.15, -0.1) is 5.10 Å². The minimum atomic E-state index is 0.0993. The van der Waals surface area contributed by atoms with Gasteiger partial charge in [0.1, 0.15) is 0 Å². The maximum Gasteiger partial charge on any atom is 0.253 e. The maximum absolute atomic E-state index is 12.7. The van der Waals surface area contributed by atoms with E-state index in [1.165, 1.54) is 5.56 Å². The lowest BCUT2D eigenvalue weighted by molar-refractivity contribution is -0.134. The molecule has 30 heavy (non-hydrogen) atoms. The highest BCUT2D eigenvalue weighted by Crippen LogP contribution is 2.25. The molecular weight excluding hydrogens is 378 g/mol. The van der Waals surface area contributed by atoms with Gasteiger partial charge in [0, 0.05) is 35.6 Å². The lowest BCUT2D eigenvalue weighted by Gasteiger charge is -2.27. The summed E-state index contributed by atoms with van der Waals surface area (Å²) in [6.07, 6.45) is 0.316. The minimum absolute atomic E-state index is 0.0993. The van der Waals surface area contributed by atoms with Gasteiger partial charge in [0.05, 0.1) is 19.6 Å². The highest BCUT2D eigenvalue weighted by Gasteiger charge is 2.21. The topological polar surface area (TPSA) is 72.6 Å². The van der Waals surface area contributed by atoms with E-state index in [0.29, 0.717) is 44.3 Å². The molecule has 3 aromatic rings. The lowest BCUT2D eigenvalue weighted by Crippen LogP contribution is -2.41. The number of carbonyl (C=O) groups excluding carboxylic acids is 1. The predicted octanol–water partition coefficient (Wildman–Crippen LogP) is 3.11. The molecular formula is C23H29N5O2. The number of fused-ring (bicyclic) bond motifs is 1. The first-order valence-corrected chi connectivity index (χ1v) is 10.4. The fraction of sp³-hybridized carbons (Fsp3) is 0.478. The molecule has 7 nitrogen and oxygen atoms in total. The fourth-order valence-corrected chi connectivity index (χ4v) is 3.78. The van der Waals surface area contributed by atoms with E-state index >= 15 is 0 Å². The monoisotopic (exact) mass is 407 g/mol. The third-order valence-electron chi connectivity index (χ3n) is 5.75. The number of nitrogens with zero attached hydrogens (tertiary/aromatic N) is 5. The Morgan fingerprint density at radius 2 is 1.73 bits per heavy atom. The second-order valence-corrected chi connectivity index (χ2v) is 8.91. The van der Waals surface area contributed by atoms with Crippen molar-refractivity contribution in [2.75, 3.05) is 26.3 Å². The van der Waals surface area contributed by atoms with Crippen molar-refractivity contribution in [3.63, 3.8) is 0 Å². The second kappa shape index (κ2) is 7.80. The van der Waals surface area contributed by atoms with Gasteiger partial charge in [0.25, 0.3) is 5.78 Å². The molecule has 1 aromatic carbocycles. The van der Waals surface area contributed by atoms with Gasteiger partial charge in [-0.1, -0.05) is 45.0 Å².